The van der Waals surface area contributed by atoms with Crippen LogP contribution in [0.1, 0.15) is 73.8 Å². The second kappa shape index (κ2) is 13.2. The zero-order valence-corrected chi connectivity index (χ0v) is 25.9. The van der Waals surface area contributed by atoms with Crippen LogP contribution < -0.4 is 26.8 Å². The number of anilines is 1. The lowest BCUT2D eigenvalue weighted by atomic mass is 9.50. The number of hydrogen-bond acceptors (Lipinski definition) is 7. The number of aromatic nitrogens is 3. The molecule has 4 aliphatic rings. The summed E-state index contributed by atoms with van der Waals surface area (Å²) < 4.78 is 1.26. The Morgan fingerprint density at radius 3 is 2.63 bits per heavy atom. The Morgan fingerprint density at radius 2 is 1.89 bits per heavy atom. The van der Waals surface area contributed by atoms with E-state index in [1.54, 1.807) is 43.5 Å². The van der Waals surface area contributed by atoms with Crippen LogP contribution in [0.25, 0.3) is 11.0 Å². The van der Waals surface area contributed by atoms with Gasteiger partial charge in [0.15, 0.2) is 5.65 Å². The summed E-state index contributed by atoms with van der Waals surface area (Å²) in [6.45, 7) is 1.53. The van der Waals surface area contributed by atoms with E-state index in [2.05, 4.69) is 31.2 Å². The van der Waals surface area contributed by atoms with Gasteiger partial charge in [0.1, 0.15) is 18.3 Å². The molecule has 3 aromatic rings. The lowest BCUT2D eigenvalue weighted by molar-refractivity contribution is -0.133. The van der Waals surface area contributed by atoms with Crippen LogP contribution >= 0.6 is 0 Å². The highest BCUT2D eigenvalue weighted by molar-refractivity contribution is 6.03. The van der Waals surface area contributed by atoms with Gasteiger partial charge in [0.05, 0.1) is 11.3 Å². The second-order valence-corrected chi connectivity index (χ2v) is 12.8. The number of carbonyl (C=O) groups is 4. The fourth-order valence-electron chi connectivity index (χ4n) is 6.70. The van der Waals surface area contributed by atoms with Crippen molar-refractivity contribution in [3.05, 3.63) is 76.5 Å². The number of rotatable bonds is 12. The number of aryl methyl sites for hydroxylation is 1. The topological polar surface area (TPSA) is 164 Å². The monoisotopic (exact) mass is 625 g/mol. The molecular formula is C34H39N7O5. The van der Waals surface area contributed by atoms with Crippen LogP contribution in [0.15, 0.2) is 59.7 Å². The Bertz CT molecular complexity index is 1740. The van der Waals surface area contributed by atoms with Crippen LogP contribution in [0, 0.1) is 12.8 Å². The van der Waals surface area contributed by atoms with E-state index in [9.17, 15) is 24.0 Å². The average molecular weight is 626 g/mol. The maximum atomic E-state index is 13.6. The molecule has 4 N–H and O–H groups in total. The number of carbonyl (C=O) groups excluding carboxylic acids is 4. The average Bonchev–Trinajstić information content (AvgIpc) is 3.50. The van der Waals surface area contributed by atoms with Gasteiger partial charge in [-0.25, -0.2) is 9.97 Å². The van der Waals surface area contributed by atoms with E-state index in [0.717, 1.165) is 44.9 Å². The minimum Gasteiger partial charge on any atom is -0.350 e. The lowest BCUT2D eigenvalue weighted by Crippen LogP contribution is -2.68. The zero-order valence-electron chi connectivity index (χ0n) is 25.9. The predicted molar refractivity (Wildman–Crippen MR) is 172 cm³/mol. The summed E-state index contributed by atoms with van der Waals surface area (Å²) in [5, 5.41) is 12.2. The van der Waals surface area contributed by atoms with Crippen molar-refractivity contribution in [1.82, 2.24) is 30.5 Å². The van der Waals surface area contributed by atoms with Gasteiger partial charge in [-0.15, -0.1) is 0 Å². The molecule has 12 heteroatoms. The Balaban J connectivity index is 1.14. The van der Waals surface area contributed by atoms with Crippen LogP contribution in [0.5, 0.6) is 0 Å². The first kappa shape index (κ1) is 31.1. The molecule has 46 heavy (non-hydrogen) atoms. The van der Waals surface area contributed by atoms with Crippen LogP contribution in [0.4, 0.5) is 5.69 Å². The van der Waals surface area contributed by atoms with Crippen molar-refractivity contribution in [2.24, 2.45) is 5.92 Å². The van der Waals surface area contributed by atoms with Crippen LogP contribution in [-0.2, 0) is 20.9 Å². The van der Waals surface area contributed by atoms with Crippen molar-refractivity contribution in [1.29, 1.82) is 0 Å². The Kier molecular flexibility index (Phi) is 8.96. The maximum Gasteiger partial charge on any atom is 0.274 e. The molecule has 4 aliphatic carbocycles. The molecular weight excluding hydrogens is 586 g/mol. The number of pyridine rings is 3. The van der Waals surface area contributed by atoms with Gasteiger partial charge < -0.3 is 25.8 Å². The van der Waals surface area contributed by atoms with Crippen molar-refractivity contribution in [2.75, 3.05) is 5.32 Å². The molecule has 0 spiro atoms. The highest BCUT2D eigenvalue weighted by Gasteiger charge is 2.57. The third-order valence-corrected chi connectivity index (χ3v) is 9.27. The third kappa shape index (κ3) is 7.00. The van der Waals surface area contributed by atoms with Crippen molar-refractivity contribution in [3.8, 4) is 0 Å². The van der Waals surface area contributed by atoms with Crippen LogP contribution in [0.3, 0.4) is 0 Å². The molecule has 4 amide bonds. The van der Waals surface area contributed by atoms with Gasteiger partial charge in [0, 0.05) is 29.4 Å². The summed E-state index contributed by atoms with van der Waals surface area (Å²) >= 11 is 0. The minimum absolute atomic E-state index is 0.00817. The fraction of sp³-hybridized carbons (Fsp3) is 0.441. The van der Waals surface area contributed by atoms with Crippen LogP contribution in [-0.4, -0.2) is 55.8 Å². The van der Waals surface area contributed by atoms with Gasteiger partial charge in [-0.2, -0.15) is 0 Å². The molecule has 1 atom stereocenters. The van der Waals surface area contributed by atoms with E-state index in [0.29, 0.717) is 34.6 Å². The summed E-state index contributed by atoms with van der Waals surface area (Å²) in [5.41, 5.74) is 0.607. The van der Waals surface area contributed by atoms with Crippen molar-refractivity contribution in [3.63, 3.8) is 0 Å². The number of nitrogens with one attached hydrogen (secondary N) is 4. The number of nitrogens with zero attached hydrogens (tertiary/aromatic N) is 3. The Labute approximate surface area is 266 Å². The van der Waals surface area contributed by atoms with Gasteiger partial charge in [-0.3, -0.25) is 24.0 Å². The molecule has 4 fully saturated rings. The van der Waals surface area contributed by atoms with Gasteiger partial charge >= 0.3 is 0 Å². The number of hydrogen-bond donors (Lipinski definition) is 4. The molecule has 0 unspecified atom stereocenters. The van der Waals surface area contributed by atoms with E-state index in [-0.39, 0.29) is 42.0 Å². The molecule has 3 heterocycles. The third-order valence-electron chi connectivity index (χ3n) is 9.27. The van der Waals surface area contributed by atoms with E-state index in [1.807, 2.05) is 0 Å². The fourth-order valence-corrected chi connectivity index (χ4v) is 6.70. The summed E-state index contributed by atoms with van der Waals surface area (Å²) in [7, 11) is 0. The largest absolute Gasteiger partial charge is 0.350 e. The van der Waals surface area contributed by atoms with Gasteiger partial charge in [-0.05, 0) is 94.2 Å². The second-order valence-electron chi connectivity index (χ2n) is 12.8. The minimum atomic E-state index is -1.04. The highest BCUT2D eigenvalue weighted by Crippen LogP contribution is 2.56. The molecule has 0 aromatic carbocycles. The van der Waals surface area contributed by atoms with Gasteiger partial charge in [-0.1, -0.05) is 18.9 Å². The summed E-state index contributed by atoms with van der Waals surface area (Å²) in [4.78, 5) is 73.9. The smallest absolute Gasteiger partial charge is 0.274 e. The Morgan fingerprint density at radius 1 is 1.11 bits per heavy atom. The quantitative estimate of drug-likeness (QED) is 0.225. The first-order valence-corrected chi connectivity index (χ1v) is 16.0. The SMILES string of the molecule is Cc1nc2ncccc2cc1C(=O)N[C@@H](CC/C=C/C(=O)NC1CCCC1)C(=O)Nc1cccn(CC(=O)NC23CC(C2)C3)c1=O. The number of amides is 4. The molecule has 0 aliphatic heterocycles. The predicted octanol–water partition coefficient (Wildman–Crippen LogP) is 2.90. The standard InChI is InChI=1S/C34H39N7O5/c1-21-25(16-23-8-6-14-35-30(23)36-21)31(44)38-26(11-4-5-13-28(42)37-24-9-2-3-10-24)32(45)39-27-12-7-15-41(33(27)46)20-29(43)40-34-17-22(18-34)19-34/h5-8,12-16,22,24,26H,2-4,9-11,17-20H2,1H3,(H,37,42)(H,38,44)(H,39,45)(H,40,43)/b13-5+/t22?,26-,34?/m0/s1. The summed E-state index contributed by atoms with van der Waals surface area (Å²) in [6.07, 6.45) is 13.9. The molecule has 240 valence electrons. The normalized spacial score (nSPS) is 20.8. The summed E-state index contributed by atoms with van der Waals surface area (Å²) in [6, 6.07) is 7.42. The number of allylic oxidation sites excluding steroid dienone is 1. The summed E-state index contributed by atoms with van der Waals surface area (Å²) in [5.74, 6) is -0.829. The molecule has 0 radical (unpaired) electrons. The van der Waals surface area contributed by atoms with Crippen molar-refractivity contribution < 1.29 is 19.2 Å². The van der Waals surface area contributed by atoms with Crippen molar-refractivity contribution in [2.45, 2.75) is 88.9 Å². The van der Waals surface area contributed by atoms with E-state index >= 15 is 0 Å². The zero-order chi connectivity index (χ0) is 32.3. The highest BCUT2D eigenvalue weighted by atomic mass is 16.2. The molecule has 4 saturated carbocycles. The van der Waals surface area contributed by atoms with Crippen LogP contribution in [0.2, 0.25) is 0 Å². The van der Waals surface area contributed by atoms with Gasteiger partial charge in [0.2, 0.25) is 17.7 Å². The van der Waals surface area contributed by atoms with E-state index in [4.69, 9.17) is 0 Å². The van der Waals surface area contributed by atoms with Gasteiger partial charge in [0.25, 0.3) is 11.5 Å². The van der Waals surface area contributed by atoms with Crippen molar-refractivity contribution >= 4 is 40.3 Å². The lowest BCUT2D eigenvalue weighted by Gasteiger charge is -2.61. The van der Waals surface area contributed by atoms with E-state index < -0.39 is 23.4 Å². The molecule has 0 saturated heterocycles. The molecule has 12 nitrogen and oxygen atoms in total. The molecule has 2 bridgehead atoms. The first-order chi connectivity index (χ1) is 22.2. The molecule has 3 aromatic heterocycles. The molecule has 7 rings (SSSR count). The maximum absolute atomic E-state index is 13.6. The first-order valence-electron chi connectivity index (χ1n) is 16.0. The number of fused-ring (bicyclic) bond motifs is 1. The Hall–Kier alpha value is -4.87. The van der Waals surface area contributed by atoms with E-state index in [1.165, 1.54) is 22.9 Å².